The zero-order chi connectivity index (χ0) is 19.7. The van der Waals surface area contributed by atoms with Gasteiger partial charge in [0, 0.05) is 12.1 Å². The van der Waals surface area contributed by atoms with Crippen molar-refractivity contribution in [2.45, 2.75) is 13.8 Å². The first-order valence-corrected chi connectivity index (χ1v) is 8.39. The summed E-state index contributed by atoms with van der Waals surface area (Å²) >= 11 is 0. The van der Waals surface area contributed by atoms with Crippen LogP contribution >= 0.6 is 0 Å². The SMILES string of the molecule is CCN1C(=O)c2c(NC(=O)c3ccccc3)cc(C(=O)OC)c(C)c2C1=O. The molecule has 138 valence electrons. The van der Waals surface area contributed by atoms with Gasteiger partial charge >= 0.3 is 5.97 Å². The van der Waals surface area contributed by atoms with Crippen molar-refractivity contribution >= 4 is 29.4 Å². The number of hydrogen-bond donors (Lipinski definition) is 1. The van der Waals surface area contributed by atoms with Gasteiger partial charge in [0.25, 0.3) is 17.7 Å². The zero-order valence-electron chi connectivity index (χ0n) is 15.2. The molecule has 0 bridgehead atoms. The van der Waals surface area contributed by atoms with E-state index in [1.165, 1.54) is 13.2 Å². The predicted molar refractivity (Wildman–Crippen MR) is 98.0 cm³/mol. The van der Waals surface area contributed by atoms with E-state index < -0.39 is 23.7 Å². The normalized spacial score (nSPS) is 12.8. The second kappa shape index (κ2) is 7.03. The number of carbonyl (C=O) groups excluding carboxylic acids is 4. The summed E-state index contributed by atoms with van der Waals surface area (Å²) in [6.45, 7) is 3.45. The molecule has 0 spiro atoms. The van der Waals surface area contributed by atoms with E-state index in [-0.39, 0.29) is 28.9 Å². The predicted octanol–water partition coefficient (Wildman–Crippen LogP) is 2.65. The van der Waals surface area contributed by atoms with Gasteiger partial charge < -0.3 is 10.1 Å². The third-order valence-corrected chi connectivity index (χ3v) is 4.51. The molecule has 0 fully saturated rings. The zero-order valence-corrected chi connectivity index (χ0v) is 15.2. The molecule has 1 aliphatic heterocycles. The maximum absolute atomic E-state index is 12.7. The number of amides is 3. The molecule has 2 aromatic rings. The van der Waals surface area contributed by atoms with Gasteiger partial charge in [-0.05, 0) is 37.6 Å². The molecule has 3 rings (SSSR count). The van der Waals surface area contributed by atoms with Crippen molar-refractivity contribution in [3.63, 3.8) is 0 Å². The van der Waals surface area contributed by atoms with E-state index in [0.717, 1.165) is 4.90 Å². The van der Waals surface area contributed by atoms with Gasteiger partial charge in [-0.3, -0.25) is 19.3 Å². The van der Waals surface area contributed by atoms with Gasteiger partial charge in [-0.2, -0.15) is 0 Å². The number of methoxy groups -OCH3 is 1. The minimum absolute atomic E-state index is 0.0938. The highest BCUT2D eigenvalue weighted by atomic mass is 16.5. The van der Waals surface area contributed by atoms with E-state index in [9.17, 15) is 19.2 Å². The standard InChI is InChI=1S/C20H18N2O5/c1-4-22-18(24)15-11(2)13(20(26)27-3)10-14(16(15)19(22)25)21-17(23)12-8-6-5-7-9-12/h5-10H,4H2,1-3H3,(H,21,23). The Morgan fingerprint density at radius 1 is 1.07 bits per heavy atom. The molecule has 0 atom stereocenters. The van der Waals surface area contributed by atoms with E-state index in [2.05, 4.69) is 5.32 Å². The molecule has 3 amide bonds. The van der Waals surface area contributed by atoms with Gasteiger partial charge in [-0.1, -0.05) is 18.2 Å². The van der Waals surface area contributed by atoms with Crippen molar-refractivity contribution in [2.24, 2.45) is 0 Å². The minimum Gasteiger partial charge on any atom is -0.465 e. The number of ether oxygens (including phenoxy) is 1. The third-order valence-electron chi connectivity index (χ3n) is 4.51. The van der Waals surface area contributed by atoms with Crippen LogP contribution in [0.1, 0.15) is 53.9 Å². The summed E-state index contributed by atoms with van der Waals surface area (Å²) in [6, 6.07) is 9.82. The Bertz CT molecular complexity index is 966. The second-order valence-electron chi connectivity index (χ2n) is 6.01. The molecular formula is C20H18N2O5. The van der Waals surface area contributed by atoms with Gasteiger partial charge in [-0.15, -0.1) is 0 Å². The van der Waals surface area contributed by atoms with Crippen LogP contribution in [0.15, 0.2) is 36.4 Å². The van der Waals surface area contributed by atoms with E-state index >= 15 is 0 Å². The third kappa shape index (κ3) is 2.97. The highest BCUT2D eigenvalue weighted by molar-refractivity contribution is 6.26. The molecule has 7 nitrogen and oxygen atoms in total. The fourth-order valence-electron chi connectivity index (χ4n) is 3.12. The summed E-state index contributed by atoms with van der Waals surface area (Å²) in [5.74, 6) is -2.09. The summed E-state index contributed by atoms with van der Waals surface area (Å²) in [6.07, 6.45) is 0. The molecule has 0 aromatic heterocycles. The van der Waals surface area contributed by atoms with Crippen LogP contribution in [0.4, 0.5) is 5.69 Å². The monoisotopic (exact) mass is 366 g/mol. The van der Waals surface area contributed by atoms with Crippen LogP contribution in [-0.4, -0.2) is 42.2 Å². The molecule has 27 heavy (non-hydrogen) atoms. The second-order valence-corrected chi connectivity index (χ2v) is 6.01. The molecule has 0 unspecified atom stereocenters. The summed E-state index contributed by atoms with van der Waals surface area (Å²) in [5, 5.41) is 2.65. The molecule has 2 aromatic carbocycles. The number of nitrogens with zero attached hydrogens (tertiary/aromatic N) is 1. The average Bonchev–Trinajstić information content (AvgIpc) is 2.94. The minimum atomic E-state index is -0.652. The summed E-state index contributed by atoms with van der Waals surface area (Å²) in [7, 11) is 1.22. The van der Waals surface area contributed by atoms with Crippen LogP contribution in [0.2, 0.25) is 0 Å². The molecule has 7 heteroatoms. The van der Waals surface area contributed by atoms with Crippen molar-refractivity contribution in [1.82, 2.24) is 4.90 Å². The van der Waals surface area contributed by atoms with E-state index in [0.29, 0.717) is 11.1 Å². The van der Waals surface area contributed by atoms with Crippen molar-refractivity contribution < 1.29 is 23.9 Å². The van der Waals surface area contributed by atoms with Gasteiger partial charge in [0.15, 0.2) is 0 Å². The summed E-state index contributed by atoms with van der Waals surface area (Å²) in [5.41, 5.74) is 1.18. The fourth-order valence-corrected chi connectivity index (χ4v) is 3.12. The number of anilines is 1. The van der Waals surface area contributed by atoms with Crippen LogP contribution in [0.3, 0.4) is 0 Å². The Kier molecular flexibility index (Phi) is 4.77. The van der Waals surface area contributed by atoms with Gasteiger partial charge in [0.05, 0.1) is 29.5 Å². The summed E-state index contributed by atoms with van der Waals surface area (Å²) in [4.78, 5) is 51.2. The lowest BCUT2D eigenvalue weighted by atomic mass is 9.96. The van der Waals surface area contributed by atoms with E-state index in [4.69, 9.17) is 4.74 Å². The topological polar surface area (TPSA) is 92.8 Å². The molecule has 1 N–H and O–H groups in total. The Labute approximate surface area is 155 Å². The van der Waals surface area contributed by atoms with Crippen molar-refractivity contribution in [1.29, 1.82) is 0 Å². The smallest absolute Gasteiger partial charge is 0.338 e. The fraction of sp³-hybridized carbons (Fsp3) is 0.200. The van der Waals surface area contributed by atoms with Crippen LogP contribution < -0.4 is 5.32 Å². The Morgan fingerprint density at radius 2 is 1.70 bits per heavy atom. The molecule has 0 aliphatic carbocycles. The number of imide groups is 1. The lowest BCUT2D eigenvalue weighted by molar-refractivity contribution is 0.0598. The Balaban J connectivity index is 2.16. The molecule has 0 saturated heterocycles. The van der Waals surface area contributed by atoms with Crippen molar-refractivity contribution in [3.05, 3.63) is 64.2 Å². The van der Waals surface area contributed by atoms with Crippen LogP contribution in [0, 0.1) is 6.92 Å². The van der Waals surface area contributed by atoms with Crippen LogP contribution in [-0.2, 0) is 4.74 Å². The number of fused-ring (bicyclic) bond motifs is 1. The number of rotatable bonds is 4. The lowest BCUT2D eigenvalue weighted by Gasteiger charge is -2.13. The first-order chi connectivity index (χ1) is 12.9. The van der Waals surface area contributed by atoms with Crippen LogP contribution in [0.5, 0.6) is 0 Å². The number of benzene rings is 2. The highest BCUT2D eigenvalue weighted by Gasteiger charge is 2.40. The first kappa shape index (κ1) is 18.3. The lowest BCUT2D eigenvalue weighted by Crippen LogP contribution is -2.29. The molecule has 0 radical (unpaired) electrons. The van der Waals surface area contributed by atoms with Crippen LogP contribution in [0.25, 0.3) is 0 Å². The highest BCUT2D eigenvalue weighted by Crippen LogP contribution is 2.34. The largest absolute Gasteiger partial charge is 0.465 e. The molecule has 1 aliphatic rings. The Morgan fingerprint density at radius 3 is 2.30 bits per heavy atom. The van der Waals surface area contributed by atoms with E-state index in [1.807, 2.05) is 0 Å². The van der Waals surface area contributed by atoms with Crippen molar-refractivity contribution in [3.8, 4) is 0 Å². The summed E-state index contributed by atoms with van der Waals surface area (Å²) < 4.78 is 4.78. The number of nitrogens with one attached hydrogen (secondary N) is 1. The number of esters is 1. The molecular weight excluding hydrogens is 348 g/mol. The maximum atomic E-state index is 12.7. The molecule has 1 heterocycles. The van der Waals surface area contributed by atoms with Gasteiger partial charge in [0.2, 0.25) is 0 Å². The number of carbonyl (C=O) groups is 4. The van der Waals surface area contributed by atoms with E-state index in [1.54, 1.807) is 44.2 Å². The molecule has 0 saturated carbocycles. The number of hydrogen-bond acceptors (Lipinski definition) is 5. The van der Waals surface area contributed by atoms with Crippen molar-refractivity contribution in [2.75, 3.05) is 19.0 Å². The van der Waals surface area contributed by atoms with Gasteiger partial charge in [0.1, 0.15) is 0 Å². The maximum Gasteiger partial charge on any atom is 0.338 e. The first-order valence-electron chi connectivity index (χ1n) is 8.39. The Hall–Kier alpha value is -3.48. The van der Waals surface area contributed by atoms with Gasteiger partial charge in [-0.25, -0.2) is 4.79 Å². The average molecular weight is 366 g/mol. The quantitative estimate of drug-likeness (QED) is 0.663.